The van der Waals surface area contributed by atoms with Gasteiger partial charge in [-0.2, -0.15) is 0 Å². The quantitative estimate of drug-likeness (QED) is 0.583. The minimum atomic E-state index is -0.599. The van der Waals surface area contributed by atoms with Crippen molar-refractivity contribution in [2.24, 2.45) is 11.8 Å². The summed E-state index contributed by atoms with van der Waals surface area (Å²) in [5, 5.41) is 0. The van der Waals surface area contributed by atoms with Crippen LogP contribution in [0.1, 0.15) is 53.9 Å². The van der Waals surface area contributed by atoms with Crippen molar-refractivity contribution in [2.75, 3.05) is 0 Å². The number of hydrogen-bond donors (Lipinski definition) is 0. The van der Waals surface area contributed by atoms with Gasteiger partial charge in [-0.1, -0.05) is 25.5 Å². The maximum Gasteiger partial charge on any atom is 0.200 e. The van der Waals surface area contributed by atoms with E-state index in [1.807, 2.05) is 13.8 Å². The van der Waals surface area contributed by atoms with Gasteiger partial charge in [0, 0.05) is 0 Å². The van der Waals surface area contributed by atoms with Crippen molar-refractivity contribution in [3.05, 3.63) is 11.6 Å². The lowest BCUT2D eigenvalue weighted by Gasteiger charge is -2.33. The number of hydrogen-bond acceptors (Lipinski definition) is 2. The fourth-order valence-electron chi connectivity index (χ4n) is 3.98. The Morgan fingerprint density at radius 1 is 1.55 bits per heavy atom. The van der Waals surface area contributed by atoms with E-state index in [1.165, 1.54) is 12.0 Å². The van der Waals surface area contributed by atoms with Gasteiger partial charge in [0.2, 0.25) is 7.85 Å². The van der Waals surface area contributed by atoms with E-state index in [9.17, 15) is 4.79 Å². The van der Waals surface area contributed by atoms with Crippen molar-refractivity contribution in [1.29, 1.82) is 0 Å². The highest BCUT2D eigenvalue weighted by Gasteiger charge is 2.48. The molecule has 2 aliphatic rings. The van der Waals surface area contributed by atoms with E-state index in [0.29, 0.717) is 11.8 Å². The molecular weight excluding hydrogens is 249 g/mol. The van der Waals surface area contributed by atoms with Crippen molar-refractivity contribution in [1.82, 2.24) is 4.90 Å². The fourth-order valence-corrected chi connectivity index (χ4v) is 3.98. The molecule has 2 unspecified atom stereocenters. The van der Waals surface area contributed by atoms with Crippen LogP contribution in [0.3, 0.4) is 0 Å². The molecule has 0 aromatic heterocycles. The summed E-state index contributed by atoms with van der Waals surface area (Å²) in [6.07, 6.45) is 5.49. The van der Waals surface area contributed by atoms with Crippen LogP contribution in [-0.2, 0) is 4.74 Å². The predicted molar refractivity (Wildman–Crippen MR) is 81.7 cm³/mol. The second-order valence-corrected chi connectivity index (χ2v) is 6.88. The highest BCUT2D eigenvalue weighted by molar-refractivity contribution is 6.57. The molecule has 1 amide bonds. The molecule has 0 bridgehead atoms. The molecule has 110 valence electrons. The highest BCUT2D eigenvalue weighted by Crippen LogP contribution is 2.40. The van der Waals surface area contributed by atoms with Gasteiger partial charge in [-0.15, -0.1) is 0 Å². The number of rotatable bonds is 3. The second kappa shape index (κ2) is 5.55. The second-order valence-electron chi connectivity index (χ2n) is 6.88. The number of amides is 1. The summed E-state index contributed by atoms with van der Waals surface area (Å²) in [6, 6.07) is 0.0870. The summed E-state index contributed by atoms with van der Waals surface area (Å²) in [5.41, 5.74) is 0.872. The Labute approximate surface area is 124 Å². The van der Waals surface area contributed by atoms with E-state index in [1.54, 1.807) is 4.90 Å². The third kappa shape index (κ3) is 2.81. The molecule has 2 radical (unpaired) electrons. The molecule has 1 aliphatic heterocycles. The zero-order chi connectivity index (χ0) is 15.1. The molecular formula is C16H26BNO2. The summed E-state index contributed by atoms with van der Waals surface area (Å²) >= 11 is 0. The molecule has 0 spiro atoms. The molecule has 0 aromatic carbocycles. The highest BCUT2D eigenvalue weighted by atomic mass is 16.5. The Morgan fingerprint density at radius 3 is 2.65 bits per heavy atom. The lowest BCUT2D eigenvalue weighted by atomic mass is 9.88. The minimum absolute atomic E-state index is 0.0806. The van der Waals surface area contributed by atoms with E-state index < -0.39 is 5.72 Å². The van der Waals surface area contributed by atoms with Crippen LogP contribution in [0.5, 0.6) is 0 Å². The minimum Gasteiger partial charge on any atom is -0.351 e. The van der Waals surface area contributed by atoms with Crippen LogP contribution in [0, 0.1) is 11.8 Å². The molecule has 1 heterocycles. The zero-order valence-electron chi connectivity index (χ0n) is 13.3. The molecule has 0 N–H and O–H groups in total. The third-order valence-corrected chi connectivity index (χ3v) is 4.81. The Hall–Kier alpha value is -0.765. The molecule has 1 fully saturated rings. The van der Waals surface area contributed by atoms with Crippen LogP contribution < -0.4 is 0 Å². The fraction of sp³-hybridized carbons (Fsp3) is 0.812. The number of carbonyl (C=O) groups excluding carboxylic acids is 1. The largest absolute Gasteiger partial charge is 0.351 e. The summed E-state index contributed by atoms with van der Waals surface area (Å²) in [5.74, 6) is 0.843. The van der Waals surface area contributed by atoms with E-state index >= 15 is 0 Å². The van der Waals surface area contributed by atoms with Crippen LogP contribution >= 0.6 is 0 Å². The molecule has 1 saturated heterocycles. The number of nitrogens with zero attached hydrogens (tertiary/aromatic N) is 1. The smallest absolute Gasteiger partial charge is 0.200 e. The molecule has 4 atom stereocenters. The Balaban J connectivity index is 2.14. The number of carbonyl (C=O) groups is 1. The molecule has 0 saturated carbocycles. The lowest BCUT2D eigenvalue weighted by Crippen LogP contribution is -2.47. The summed E-state index contributed by atoms with van der Waals surface area (Å²) in [7, 11) is 5.55. The Bertz CT molecular complexity index is 419. The van der Waals surface area contributed by atoms with E-state index in [2.05, 4.69) is 26.8 Å². The van der Waals surface area contributed by atoms with E-state index in [-0.39, 0.29) is 18.0 Å². The zero-order valence-corrected chi connectivity index (χ0v) is 13.3. The summed E-state index contributed by atoms with van der Waals surface area (Å²) in [6.45, 7) is 10.4. The first-order chi connectivity index (χ1) is 9.26. The Morgan fingerprint density at radius 2 is 2.20 bits per heavy atom. The van der Waals surface area contributed by atoms with Gasteiger partial charge in [0.15, 0.2) is 5.81 Å². The van der Waals surface area contributed by atoms with Crippen molar-refractivity contribution < 1.29 is 9.53 Å². The van der Waals surface area contributed by atoms with Gasteiger partial charge in [0.25, 0.3) is 0 Å². The normalized spacial score (nSPS) is 36.2. The molecule has 2 rings (SSSR count). The van der Waals surface area contributed by atoms with E-state index in [4.69, 9.17) is 12.6 Å². The van der Waals surface area contributed by atoms with Crippen LogP contribution in [0.15, 0.2) is 11.6 Å². The first-order valence-corrected chi connectivity index (χ1v) is 7.70. The van der Waals surface area contributed by atoms with Crippen molar-refractivity contribution in [3.63, 3.8) is 0 Å². The van der Waals surface area contributed by atoms with Gasteiger partial charge < -0.3 is 9.64 Å². The van der Waals surface area contributed by atoms with Crippen molar-refractivity contribution in [2.45, 2.75) is 71.8 Å². The molecule has 0 aromatic rings. The number of allylic oxidation sites excluding steroid dienone is 2. The van der Waals surface area contributed by atoms with Crippen LogP contribution in [0.2, 0.25) is 0 Å². The molecule has 3 nitrogen and oxygen atoms in total. The van der Waals surface area contributed by atoms with Crippen LogP contribution in [0.25, 0.3) is 0 Å². The molecule has 1 aliphatic carbocycles. The Kier molecular flexibility index (Phi) is 4.34. The first kappa shape index (κ1) is 15.6. The van der Waals surface area contributed by atoms with Gasteiger partial charge in [0.1, 0.15) is 5.72 Å². The number of ether oxygens (including phenoxy) is 1. The topological polar surface area (TPSA) is 29.5 Å². The first-order valence-electron chi connectivity index (χ1n) is 7.70. The SMILES string of the molecule is [B]C(=O)N1[C@@H](CC)[C@@H](CC2C=C(C)CC2C)OC1(C)C. The van der Waals surface area contributed by atoms with Crippen molar-refractivity contribution >= 4 is 13.7 Å². The molecule has 4 heteroatoms. The maximum absolute atomic E-state index is 11.7. The average Bonchev–Trinajstić information content (AvgIpc) is 2.75. The lowest BCUT2D eigenvalue weighted by molar-refractivity contribution is -0.0626. The van der Waals surface area contributed by atoms with Gasteiger partial charge in [0.05, 0.1) is 12.1 Å². The summed E-state index contributed by atoms with van der Waals surface area (Å²) in [4.78, 5) is 13.5. The predicted octanol–water partition coefficient (Wildman–Crippen LogP) is 3.48. The monoisotopic (exact) mass is 275 g/mol. The van der Waals surface area contributed by atoms with E-state index in [0.717, 1.165) is 12.8 Å². The standard InChI is InChI=1S/C16H26BNO2/c1-6-13-14(9-12-8-10(2)7-11(12)3)20-16(4,5)18(13)15(17)19/h8,11-14H,6-7,9H2,1-5H3/t11?,12?,13-,14+/m0/s1. The third-order valence-electron chi connectivity index (χ3n) is 4.81. The summed E-state index contributed by atoms with van der Waals surface area (Å²) < 4.78 is 6.17. The van der Waals surface area contributed by atoms with Gasteiger partial charge in [-0.25, -0.2) is 0 Å². The van der Waals surface area contributed by atoms with Gasteiger partial charge in [-0.3, -0.25) is 4.79 Å². The van der Waals surface area contributed by atoms with Crippen LogP contribution in [-0.4, -0.2) is 36.4 Å². The van der Waals surface area contributed by atoms with Crippen molar-refractivity contribution in [3.8, 4) is 0 Å². The van der Waals surface area contributed by atoms with Gasteiger partial charge >= 0.3 is 0 Å². The van der Waals surface area contributed by atoms with Gasteiger partial charge in [-0.05, 0) is 51.9 Å². The molecule has 20 heavy (non-hydrogen) atoms. The maximum atomic E-state index is 11.7. The average molecular weight is 275 g/mol. The van der Waals surface area contributed by atoms with Crippen LogP contribution in [0.4, 0.5) is 4.79 Å².